The van der Waals surface area contributed by atoms with Gasteiger partial charge in [0, 0.05) is 17.6 Å². The predicted octanol–water partition coefficient (Wildman–Crippen LogP) is 0.733. The molecule has 11 nitrogen and oxygen atoms in total. The molecule has 30 heavy (non-hydrogen) atoms. The number of carbonyl (C=O) groups is 1. The molecule has 0 aliphatic carbocycles. The van der Waals surface area contributed by atoms with Gasteiger partial charge in [-0.05, 0) is 43.2 Å². The van der Waals surface area contributed by atoms with Crippen molar-refractivity contribution in [2.75, 3.05) is 6.54 Å². The Bertz CT molecular complexity index is 1000. The fourth-order valence-electron chi connectivity index (χ4n) is 2.28. The molecule has 0 fully saturated rings. The number of nitrogens with two attached hydrogens (primary N) is 2. The van der Waals surface area contributed by atoms with Gasteiger partial charge in [-0.15, -0.1) is 0 Å². The number of hydrogen-bond donors (Lipinski definition) is 5. The number of nitrogens with zero attached hydrogens (tertiary/aromatic N) is 2. The number of sulfonamides is 1. The minimum Gasteiger partial charge on any atom is -0.439 e. The quantitative estimate of drug-likeness (QED) is 0.107. The van der Waals surface area contributed by atoms with E-state index in [-0.39, 0.29) is 29.7 Å². The first-order valence-corrected chi connectivity index (χ1v) is 10.5. The highest BCUT2D eigenvalue weighted by atomic mass is 35.5. The van der Waals surface area contributed by atoms with Crippen LogP contribution in [0, 0.1) is 0 Å². The first kappa shape index (κ1) is 21.8. The van der Waals surface area contributed by atoms with Crippen molar-refractivity contribution in [2.24, 2.45) is 16.5 Å². The van der Waals surface area contributed by atoms with Gasteiger partial charge in [0.25, 0.3) is 5.91 Å². The summed E-state index contributed by atoms with van der Waals surface area (Å²) >= 11 is 5.81. The van der Waals surface area contributed by atoms with Gasteiger partial charge in [0.15, 0.2) is 5.96 Å². The molecule has 162 valence electrons. The Morgan fingerprint density at radius 3 is 2.63 bits per heavy atom. The zero-order valence-electron chi connectivity index (χ0n) is 16.6. The van der Waals surface area contributed by atoms with Gasteiger partial charge in [-0.2, -0.15) is 4.72 Å². The third-order valence-corrected chi connectivity index (χ3v) is 5.42. The maximum absolute atomic E-state index is 12.7. The Kier molecular flexibility index (Phi) is 7.79. The van der Waals surface area contributed by atoms with Crippen LogP contribution in [0.25, 0.3) is 0 Å². The van der Waals surface area contributed by atoms with E-state index in [2.05, 4.69) is 19.9 Å². The highest BCUT2D eigenvalue weighted by Crippen LogP contribution is 2.22. The van der Waals surface area contributed by atoms with Crippen LogP contribution in [0.5, 0.6) is 11.6 Å². The average molecular weight is 458 g/mol. The highest BCUT2D eigenvalue weighted by molar-refractivity contribution is 7.89. The molecule has 13 heteroatoms. The van der Waals surface area contributed by atoms with E-state index >= 15 is 0 Å². The molecule has 1 amide bonds. The van der Waals surface area contributed by atoms with Crippen molar-refractivity contribution in [3.63, 3.8) is 0 Å². The maximum atomic E-state index is 12.7. The second-order valence-corrected chi connectivity index (χ2v) is 8.13. The Morgan fingerprint density at radius 1 is 1.30 bits per heavy atom. The molecule has 0 saturated heterocycles. The van der Waals surface area contributed by atoms with E-state index in [1.807, 2.05) is 0 Å². The summed E-state index contributed by atoms with van der Waals surface area (Å²) in [5.74, 6) is -0.337. The standard InChI is InChI=1S/C17H21ClN6O5S/c18-11-3-5-12(6-4-11)29-15-8-7-13(10-22-15)30(27,28)24-14(16(25)23-26)2-1-9-21-17(19)20/h3-8,10,14,24,26H,1-2,9H2,(H,23,25)(H4,19,20,21)/t14-/m0/s1/i/hD. The van der Waals surface area contributed by atoms with Crippen LogP contribution in [0.4, 0.5) is 0 Å². The van der Waals surface area contributed by atoms with Gasteiger partial charge in [0.05, 0.1) is 6.20 Å². The van der Waals surface area contributed by atoms with Crippen molar-refractivity contribution in [3.05, 3.63) is 47.6 Å². The van der Waals surface area contributed by atoms with E-state index in [0.29, 0.717) is 17.2 Å². The third-order valence-electron chi connectivity index (χ3n) is 3.72. The summed E-state index contributed by atoms with van der Waals surface area (Å²) in [5, 5.41) is 4.38. The molecule has 1 heterocycles. The molecule has 0 spiro atoms. The first-order chi connectivity index (χ1) is 14.7. The van der Waals surface area contributed by atoms with E-state index in [0.717, 1.165) is 6.20 Å². The molecule has 0 aliphatic heterocycles. The van der Waals surface area contributed by atoms with Gasteiger partial charge >= 0.3 is 0 Å². The number of pyridine rings is 1. The molecule has 1 aromatic carbocycles. The second-order valence-electron chi connectivity index (χ2n) is 5.98. The summed E-state index contributed by atoms with van der Waals surface area (Å²) in [7, 11) is -4.12. The molecule has 0 bridgehead atoms. The summed E-state index contributed by atoms with van der Waals surface area (Å²) < 4.78 is 39.7. The van der Waals surface area contributed by atoms with E-state index in [1.165, 1.54) is 12.1 Å². The summed E-state index contributed by atoms with van der Waals surface area (Å²) in [6.07, 6.45) is 1.43. The number of carbonyl (C=O) groups excluding carboxylic acids is 1. The highest BCUT2D eigenvalue weighted by Gasteiger charge is 2.25. The Morgan fingerprint density at radius 2 is 2.03 bits per heavy atom. The number of benzene rings is 1. The van der Waals surface area contributed by atoms with Crippen LogP contribution < -0.4 is 26.4 Å². The van der Waals surface area contributed by atoms with Crippen LogP contribution >= 0.6 is 11.6 Å². The van der Waals surface area contributed by atoms with Crippen molar-refractivity contribution in [1.29, 1.82) is 0 Å². The minimum absolute atomic E-state index is 0.0520. The fourth-order valence-corrected chi connectivity index (χ4v) is 3.58. The Labute approximate surface area is 179 Å². The maximum Gasteiger partial charge on any atom is 0.261 e. The lowest BCUT2D eigenvalue weighted by Crippen LogP contribution is -2.45. The molecule has 0 saturated carbocycles. The van der Waals surface area contributed by atoms with Crippen LogP contribution in [-0.2, 0) is 14.8 Å². The summed E-state index contributed by atoms with van der Waals surface area (Å²) in [6.45, 7) is 0.188. The van der Waals surface area contributed by atoms with Gasteiger partial charge in [-0.25, -0.2) is 18.9 Å². The van der Waals surface area contributed by atoms with Crippen molar-refractivity contribution in [2.45, 2.75) is 23.8 Å². The molecule has 1 aromatic heterocycles. The number of amides is 1. The molecule has 7 N–H and O–H groups in total. The smallest absolute Gasteiger partial charge is 0.261 e. The lowest BCUT2D eigenvalue weighted by Gasteiger charge is -2.16. The van der Waals surface area contributed by atoms with Crippen molar-refractivity contribution in [1.82, 2.24) is 15.2 Å². The van der Waals surface area contributed by atoms with Crippen LogP contribution in [0.2, 0.25) is 6.45 Å². The number of hydroxylamine groups is 1. The van der Waals surface area contributed by atoms with Gasteiger partial charge in [-0.1, -0.05) is 11.6 Å². The van der Waals surface area contributed by atoms with E-state index < -0.39 is 22.0 Å². The number of rotatable bonds is 11. The number of aliphatic imine (C=N–C) groups is 1. The topological polar surface area (TPSA) is 182 Å². The summed E-state index contributed by atoms with van der Waals surface area (Å²) in [6, 6.07) is 7.96. The number of aromatic nitrogens is 1. The summed E-state index contributed by atoms with van der Waals surface area (Å²) in [4.78, 5) is 19.6. The lowest BCUT2D eigenvalue weighted by molar-refractivity contribution is -0.131. The van der Waals surface area contributed by atoms with E-state index in [1.54, 1.807) is 29.7 Å². The van der Waals surface area contributed by atoms with Gasteiger partial charge < -0.3 is 16.2 Å². The number of guanidine groups is 1. The number of nitrogens with one attached hydrogen (secondary N) is 2. The van der Waals surface area contributed by atoms with Crippen LogP contribution in [0.3, 0.4) is 0 Å². The van der Waals surface area contributed by atoms with Gasteiger partial charge in [0.1, 0.15) is 16.7 Å². The number of halogens is 1. The molecule has 1 atom stereocenters. The zero-order valence-corrected chi connectivity index (χ0v) is 17.2. The van der Waals surface area contributed by atoms with Crippen LogP contribution in [0.15, 0.2) is 52.5 Å². The molecular formula is C17H21ClN6O5S. The largest absolute Gasteiger partial charge is 0.439 e. The predicted molar refractivity (Wildman–Crippen MR) is 110 cm³/mol. The third kappa shape index (κ3) is 7.15. The van der Waals surface area contributed by atoms with E-state index in [9.17, 15) is 13.2 Å². The normalized spacial score (nSPS) is 12.5. The molecular weight excluding hydrogens is 436 g/mol. The van der Waals surface area contributed by atoms with Gasteiger partial charge in [0.2, 0.25) is 17.3 Å². The number of hydrogen-bond acceptors (Lipinski definition) is 7. The zero-order chi connectivity index (χ0) is 22.9. The monoisotopic (exact) mass is 457 g/mol. The van der Waals surface area contributed by atoms with E-state index in [4.69, 9.17) is 29.2 Å². The van der Waals surface area contributed by atoms with Crippen molar-refractivity contribution < 1.29 is 24.6 Å². The Balaban J connectivity index is 2.08. The van der Waals surface area contributed by atoms with Crippen LogP contribution in [-0.4, -0.2) is 43.1 Å². The summed E-state index contributed by atoms with van der Waals surface area (Å²) in [5.41, 5.74) is 12.2. The second kappa shape index (κ2) is 10.7. The first-order valence-electron chi connectivity index (χ1n) is 9.01. The SMILES string of the molecule is [2H]ONC(=O)[C@H](CCCN=C(N)N)NS(=O)(=O)c1ccc(Oc2ccc(Cl)cc2)nc1. The van der Waals surface area contributed by atoms with Crippen molar-refractivity contribution >= 4 is 33.5 Å². The fraction of sp³-hybridized carbons (Fsp3) is 0.235. The molecule has 0 unspecified atom stereocenters. The number of ether oxygens (including phenoxy) is 1. The Hall–Kier alpha value is -2.93. The van der Waals surface area contributed by atoms with Gasteiger partial charge in [-0.3, -0.25) is 15.0 Å². The molecule has 2 rings (SSSR count). The molecule has 2 aromatic rings. The lowest BCUT2D eigenvalue weighted by atomic mass is 10.1. The van der Waals surface area contributed by atoms with Crippen molar-refractivity contribution in [3.8, 4) is 11.6 Å². The minimum atomic E-state index is -4.12. The average Bonchev–Trinajstić information content (AvgIpc) is 2.72. The molecule has 0 aliphatic rings. The van der Waals surface area contributed by atoms with Crippen LogP contribution in [0.1, 0.15) is 12.8 Å². The molecule has 0 radical (unpaired) electrons.